The molecule has 22 heavy (non-hydrogen) atoms. The number of aromatic hydroxyl groups is 1. The lowest BCUT2D eigenvalue weighted by Gasteiger charge is -2.13. The highest BCUT2D eigenvalue weighted by atomic mass is 79.9. The quantitative estimate of drug-likeness (QED) is 0.750. The minimum atomic E-state index is -4.14. The first-order chi connectivity index (χ1) is 10.2. The summed E-state index contributed by atoms with van der Waals surface area (Å²) in [5, 5.41) is 19.0. The standard InChI is InChI=1S/C14H12BrNO5S/c1-8-6-9(14(18)19)13(17)12(7-8)22(20,21)16-11-5-3-2-4-10(11)15/h2-7,16-17H,1H3,(H,18,19). The van der Waals surface area contributed by atoms with E-state index in [-0.39, 0.29) is 5.69 Å². The first-order valence-electron chi connectivity index (χ1n) is 6.06. The van der Waals surface area contributed by atoms with Gasteiger partial charge in [0.1, 0.15) is 10.5 Å². The number of phenols is 1. The van der Waals surface area contributed by atoms with Gasteiger partial charge in [0.25, 0.3) is 10.0 Å². The molecule has 0 unspecified atom stereocenters. The van der Waals surface area contributed by atoms with Crippen molar-refractivity contribution in [1.29, 1.82) is 0 Å². The van der Waals surface area contributed by atoms with E-state index in [0.717, 1.165) is 0 Å². The number of aromatic carboxylic acids is 1. The number of rotatable bonds is 4. The molecule has 2 rings (SSSR count). The van der Waals surface area contributed by atoms with Crippen LogP contribution in [0.2, 0.25) is 0 Å². The van der Waals surface area contributed by atoms with Gasteiger partial charge in [-0.1, -0.05) is 12.1 Å². The highest BCUT2D eigenvalue weighted by Gasteiger charge is 2.24. The maximum absolute atomic E-state index is 12.4. The Hall–Kier alpha value is -2.06. The molecule has 116 valence electrons. The summed E-state index contributed by atoms with van der Waals surface area (Å²) in [6.45, 7) is 1.54. The number of hydrogen-bond acceptors (Lipinski definition) is 4. The third-order valence-corrected chi connectivity index (χ3v) is 4.93. The predicted octanol–water partition coefficient (Wildman–Crippen LogP) is 2.96. The van der Waals surface area contributed by atoms with Gasteiger partial charge in [0, 0.05) is 4.47 Å². The third kappa shape index (κ3) is 3.23. The van der Waals surface area contributed by atoms with Gasteiger partial charge in [-0.2, -0.15) is 0 Å². The van der Waals surface area contributed by atoms with E-state index in [4.69, 9.17) is 5.11 Å². The number of aryl methyl sites for hydroxylation is 1. The van der Waals surface area contributed by atoms with E-state index < -0.39 is 32.2 Å². The molecule has 0 saturated heterocycles. The highest BCUT2D eigenvalue weighted by molar-refractivity contribution is 9.10. The average Bonchev–Trinajstić information content (AvgIpc) is 2.43. The second-order valence-corrected chi connectivity index (χ2v) is 7.05. The van der Waals surface area contributed by atoms with Crippen LogP contribution >= 0.6 is 15.9 Å². The van der Waals surface area contributed by atoms with E-state index in [2.05, 4.69) is 20.7 Å². The molecule has 0 amide bonds. The van der Waals surface area contributed by atoms with Crippen LogP contribution in [-0.4, -0.2) is 24.6 Å². The minimum absolute atomic E-state index is 0.278. The molecule has 0 aliphatic rings. The van der Waals surface area contributed by atoms with Crippen LogP contribution in [0.4, 0.5) is 5.69 Å². The summed E-state index contributed by atoms with van der Waals surface area (Å²) in [5.74, 6) is -2.20. The van der Waals surface area contributed by atoms with E-state index in [1.165, 1.54) is 18.2 Å². The number of carboxylic acids is 1. The van der Waals surface area contributed by atoms with Crippen LogP contribution in [0.5, 0.6) is 5.75 Å². The zero-order valence-electron chi connectivity index (χ0n) is 11.4. The molecule has 0 saturated carbocycles. The maximum atomic E-state index is 12.4. The Morgan fingerprint density at radius 2 is 1.86 bits per heavy atom. The van der Waals surface area contributed by atoms with Crippen molar-refractivity contribution in [3.63, 3.8) is 0 Å². The lowest BCUT2D eigenvalue weighted by Crippen LogP contribution is -2.15. The van der Waals surface area contributed by atoms with Crippen molar-refractivity contribution >= 4 is 37.6 Å². The normalized spacial score (nSPS) is 11.2. The van der Waals surface area contributed by atoms with Crippen molar-refractivity contribution in [3.8, 4) is 5.75 Å². The van der Waals surface area contributed by atoms with Gasteiger partial charge in [-0.3, -0.25) is 4.72 Å². The molecule has 0 spiro atoms. The van der Waals surface area contributed by atoms with Crippen LogP contribution < -0.4 is 4.72 Å². The minimum Gasteiger partial charge on any atom is -0.506 e. The van der Waals surface area contributed by atoms with Gasteiger partial charge in [-0.25, -0.2) is 13.2 Å². The molecule has 0 radical (unpaired) electrons. The summed E-state index contributed by atoms with van der Waals surface area (Å²) in [5.41, 5.74) is 0.218. The molecule has 0 fully saturated rings. The molecule has 8 heteroatoms. The summed E-state index contributed by atoms with van der Waals surface area (Å²) < 4.78 is 27.7. The monoisotopic (exact) mass is 385 g/mol. The van der Waals surface area contributed by atoms with E-state index in [1.807, 2.05) is 0 Å². The molecule has 0 aromatic heterocycles. The van der Waals surface area contributed by atoms with Crippen molar-refractivity contribution in [1.82, 2.24) is 0 Å². The van der Waals surface area contributed by atoms with Gasteiger partial charge in [0.15, 0.2) is 5.75 Å². The van der Waals surface area contributed by atoms with Gasteiger partial charge in [0.2, 0.25) is 0 Å². The molecule has 2 aromatic carbocycles. The Bertz CT molecular complexity index is 848. The summed E-state index contributed by atoms with van der Waals surface area (Å²) in [7, 11) is -4.14. The number of sulfonamides is 1. The summed E-state index contributed by atoms with van der Waals surface area (Å²) >= 11 is 3.21. The third-order valence-electron chi connectivity index (χ3n) is 2.86. The molecule has 2 aromatic rings. The van der Waals surface area contributed by atoms with Crippen LogP contribution in [0, 0.1) is 6.92 Å². The smallest absolute Gasteiger partial charge is 0.339 e. The zero-order chi connectivity index (χ0) is 16.5. The molecule has 0 aliphatic carbocycles. The molecular formula is C14H12BrNO5S. The lowest BCUT2D eigenvalue weighted by atomic mass is 10.1. The van der Waals surface area contributed by atoms with Gasteiger partial charge in [-0.05, 0) is 52.7 Å². The highest BCUT2D eigenvalue weighted by Crippen LogP contribution is 2.31. The summed E-state index contributed by atoms with van der Waals surface area (Å²) in [6, 6.07) is 8.95. The second kappa shape index (κ2) is 5.98. The fourth-order valence-electron chi connectivity index (χ4n) is 1.86. The van der Waals surface area contributed by atoms with Gasteiger partial charge < -0.3 is 10.2 Å². The SMILES string of the molecule is Cc1cc(C(=O)O)c(O)c(S(=O)(=O)Nc2ccccc2Br)c1. The first-order valence-corrected chi connectivity index (χ1v) is 8.34. The Kier molecular flexibility index (Phi) is 4.43. The molecule has 0 aliphatic heterocycles. The molecule has 0 atom stereocenters. The fraction of sp³-hybridized carbons (Fsp3) is 0.0714. The largest absolute Gasteiger partial charge is 0.506 e. The molecule has 6 nitrogen and oxygen atoms in total. The predicted molar refractivity (Wildman–Crippen MR) is 84.8 cm³/mol. The van der Waals surface area contributed by atoms with Crippen molar-refractivity contribution in [3.05, 3.63) is 52.0 Å². The Balaban J connectivity index is 2.55. The van der Waals surface area contributed by atoms with Crippen molar-refractivity contribution in [2.24, 2.45) is 0 Å². The van der Waals surface area contributed by atoms with Gasteiger partial charge in [-0.15, -0.1) is 0 Å². The maximum Gasteiger partial charge on any atom is 0.339 e. The molecule has 0 bridgehead atoms. The average molecular weight is 386 g/mol. The number of benzene rings is 2. The van der Waals surface area contributed by atoms with Gasteiger partial charge >= 0.3 is 5.97 Å². The first kappa shape index (κ1) is 16.3. The number of para-hydroxylation sites is 1. The van der Waals surface area contributed by atoms with Crippen molar-refractivity contribution in [2.45, 2.75) is 11.8 Å². The number of nitrogens with one attached hydrogen (secondary N) is 1. The van der Waals surface area contributed by atoms with Gasteiger partial charge in [0.05, 0.1) is 5.69 Å². The zero-order valence-corrected chi connectivity index (χ0v) is 13.8. The molecular weight excluding hydrogens is 374 g/mol. The Morgan fingerprint density at radius 3 is 2.45 bits per heavy atom. The Morgan fingerprint density at radius 1 is 1.23 bits per heavy atom. The van der Waals surface area contributed by atoms with Crippen LogP contribution in [0.15, 0.2) is 45.8 Å². The van der Waals surface area contributed by atoms with Crippen LogP contribution in [0.1, 0.15) is 15.9 Å². The van der Waals surface area contributed by atoms with E-state index in [9.17, 15) is 18.3 Å². The number of halogens is 1. The molecule has 3 N–H and O–H groups in total. The summed E-state index contributed by atoms with van der Waals surface area (Å²) in [6.07, 6.45) is 0. The molecule has 0 heterocycles. The fourth-order valence-corrected chi connectivity index (χ4v) is 3.66. The van der Waals surface area contributed by atoms with Crippen LogP contribution in [-0.2, 0) is 10.0 Å². The van der Waals surface area contributed by atoms with E-state index in [0.29, 0.717) is 10.0 Å². The van der Waals surface area contributed by atoms with E-state index >= 15 is 0 Å². The topological polar surface area (TPSA) is 104 Å². The Labute approximate surface area is 135 Å². The second-order valence-electron chi connectivity index (χ2n) is 4.55. The van der Waals surface area contributed by atoms with Crippen molar-refractivity contribution in [2.75, 3.05) is 4.72 Å². The lowest BCUT2D eigenvalue weighted by molar-refractivity contribution is 0.0693. The van der Waals surface area contributed by atoms with E-state index in [1.54, 1.807) is 25.1 Å². The number of carbonyl (C=O) groups is 1. The summed E-state index contributed by atoms with van der Waals surface area (Å²) in [4.78, 5) is 10.6. The number of hydrogen-bond donors (Lipinski definition) is 3. The van der Waals surface area contributed by atoms with Crippen LogP contribution in [0.3, 0.4) is 0 Å². The van der Waals surface area contributed by atoms with Crippen LogP contribution in [0.25, 0.3) is 0 Å². The van der Waals surface area contributed by atoms with Crippen molar-refractivity contribution < 1.29 is 23.4 Å². The number of carboxylic acid groups (broad SMARTS) is 1. The number of anilines is 1.